The molecule has 10 heavy (non-hydrogen) atoms. The number of rotatable bonds is 2. The van der Waals surface area contributed by atoms with E-state index < -0.39 is 0 Å². The van der Waals surface area contributed by atoms with Crippen molar-refractivity contribution in [3.05, 3.63) is 0 Å². The molecule has 1 rings (SSSR count). The molecule has 0 aliphatic carbocycles. The third-order valence-electron chi connectivity index (χ3n) is 1.73. The summed E-state index contributed by atoms with van der Waals surface area (Å²) in [5.41, 5.74) is 5.62. The molecule has 0 amide bonds. The molecule has 1 heterocycles. The molecule has 2 atom stereocenters. The van der Waals surface area contributed by atoms with Crippen LogP contribution in [0.4, 0.5) is 0 Å². The van der Waals surface area contributed by atoms with Gasteiger partial charge in [0.15, 0.2) is 0 Å². The standard InChI is InChI=1S/C7H14N2Se/c1-3-4-6-5(2)10-7(8)9-6/h5-6H,3-4H2,1-2H3,(H2,8,9)/t5-,6-/m1/s1. The Morgan fingerprint density at radius 2 is 2.40 bits per heavy atom. The van der Waals surface area contributed by atoms with Gasteiger partial charge in [-0.05, 0) is 0 Å². The minimum absolute atomic E-state index is 0.486. The molecule has 0 aromatic carbocycles. The Balaban J connectivity index is 2.44. The van der Waals surface area contributed by atoms with E-state index in [0.29, 0.717) is 21.0 Å². The van der Waals surface area contributed by atoms with Crippen molar-refractivity contribution in [2.45, 2.75) is 37.5 Å². The van der Waals surface area contributed by atoms with Gasteiger partial charge in [0.25, 0.3) is 0 Å². The molecule has 0 fully saturated rings. The number of aliphatic imine (C=N–C) groups is 1. The van der Waals surface area contributed by atoms with Crippen LogP contribution in [0.15, 0.2) is 4.99 Å². The van der Waals surface area contributed by atoms with Crippen molar-refractivity contribution < 1.29 is 0 Å². The molecular weight excluding hydrogens is 191 g/mol. The third-order valence-corrected chi connectivity index (χ3v) is 3.89. The van der Waals surface area contributed by atoms with Gasteiger partial charge in [0.05, 0.1) is 0 Å². The number of nitrogens with two attached hydrogens (primary N) is 1. The van der Waals surface area contributed by atoms with Crippen LogP contribution in [-0.4, -0.2) is 25.7 Å². The summed E-state index contributed by atoms with van der Waals surface area (Å²) in [4.78, 5) is 5.12. The van der Waals surface area contributed by atoms with E-state index in [1.165, 1.54) is 12.8 Å². The number of hydrogen-bond acceptors (Lipinski definition) is 2. The molecule has 0 unspecified atom stereocenters. The second-order valence-corrected chi connectivity index (χ2v) is 5.58. The summed E-state index contributed by atoms with van der Waals surface area (Å²) in [5.74, 6) is 0. The molecule has 3 heteroatoms. The Morgan fingerprint density at radius 3 is 2.80 bits per heavy atom. The van der Waals surface area contributed by atoms with Crippen LogP contribution in [0, 0.1) is 0 Å². The fraction of sp³-hybridized carbons (Fsp3) is 0.857. The van der Waals surface area contributed by atoms with Gasteiger partial charge in [-0.3, -0.25) is 0 Å². The van der Waals surface area contributed by atoms with Crippen LogP contribution in [-0.2, 0) is 0 Å². The van der Waals surface area contributed by atoms with E-state index in [4.69, 9.17) is 5.73 Å². The maximum absolute atomic E-state index is 5.62. The zero-order valence-electron chi connectivity index (χ0n) is 6.50. The van der Waals surface area contributed by atoms with Gasteiger partial charge in [-0.15, -0.1) is 0 Å². The van der Waals surface area contributed by atoms with Crippen LogP contribution < -0.4 is 5.73 Å². The van der Waals surface area contributed by atoms with Gasteiger partial charge in [-0.2, -0.15) is 0 Å². The van der Waals surface area contributed by atoms with Crippen molar-refractivity contribution in [3.63, 3.8) is 0 Å². The molecule has 58 valence electrons. The second-order valence-electron chi connectivity index (χ2n) is 2.65. The van der Waals surface area contributed by atoms with Crippen molar-refractivity contribution >= 4 is 19.7 Å². The Labute approximate surface area is 68.4 Å². The Hall–Kier alpha value is -0.0105. The van der Waals surface area contributed by atoms with Crippen molar-refractivity contribution in [2.24, 2.45) is 10.7 Å². The van der Waals surface area contributed by atoms with Crippen LogP contribution in [0.3, 0.4) is 0 Å². The van der Waals surface area contributed by atoms with Gasteiger partial charge in [-0.1, -0.05) is 0 Å². The Bertz CT molecular complexity index is 145. The van der Waals surface area contributed by atoms with Gasteiger partial charge >= 0.3 is 68.0 Å². The first kappa shape index (κ1) is 8.09. The molecule has 0 saturated heterocycles. The molecule has 2 nitrogen and oxygen atoms in total. The fourth-order valence-electron chi connectivity index (χ4n) is 1.16. The number of hydrogen-bond donors (Lipinski definition) is 1. The summed E-state index contributed by atoms with van der Waals surface area (Å²) in [6.07, 6.45) is 2.44. The molecule has 0 saturated carbocycles. The van der Waals surface area contributed by atoms with Gasteiger partial charge in [0.2, 0.25) is 0 Å². The van der Waals surface area contributed by atoms with E-state index in [9.17, 15) is 0 Å². The number of amidine groups is 1. The van der Waals surface area contributed by atoms with Crippen LogP contribution >= 0.6 is 0 Å². The van der Waals surface area contributed by atoms with Gasteiger partial charge in [0, 0.05) is 0 Å². The van der Waals surface area contributed by atoms with Gasteiger partial charge < -0.3 is 0 Å². The monoisotopic (exact) mass is 206 g/mol. The molecule has 1 aliphatic rings. The minimum atomic E-state index is 0.486. The van der Waals surface area contributed by atoms with E-state index in [1.54, 1.807) is 0 Å². The molecule has 0 spiro atoms. The molecule has 0 bridgehead atoms. The zero-order valence-corrected chi connectivity index (χ0v) is 8.21. The normalized spacial score (nSPS) is 32.4. The van der Waals surface area contributed by atoms with Crippen LogP contribution in [0.25, 0.3) is 0 Å². The van der Waals surface area contributed by atoms with E-state index in [2.05, 4.69) is 18.8 Å². The van der Waals surface area contributed by atoms with E-state index in [1.807, 2.05) is 0 Å². The van der Waals surface area contributed by atoms with Gasteiger partial charge in [-0.25, -0.2) is 0 Å². The second kappa shape index (κ2) is 3.40. The van der Waals surface area contributed by atoms with Crippen LogP contribution in [0.5, 0.6) is 0 Å². The number of nitrogens with zero attached hydrogens (tertiary/aromatic N) is 1. The summed E-state index contributed by atoms with van der Waals surface area (Å²) in [5, 5.41) is 0. The quantitative estimate of drug-likeness (QED) is 0.671. The molecule has 2 N–H and O–H groups in total. The summed E-state index contributed by atoms with van der Waals surface area (Å²) < 4.78 is 0.915. The molecule has 0 aromatic rings. The van der Waals surface area contributed by atoms with Gasteiger partial charge in [0.1, 0.15) is 0 Å². The Morgan fingerprint density at radius 1 is 1.70 bits per heavy atom. The predicted molar refractivity (Wildman–Crippen MR) is 45.5 cm³/mol. The van der Waals surface area contributed by atoms with Crippen molar-refractivity contribution in [3.8, 4) is 0 Å². The third kappa shape index (κ3) is 1.74. The zero-order chi connectivity index (χ0) is 7.56. The van der Waals surface area contributed by atoms with Crippen molar-refractivity contribution in [1.29, 1.82) is 0 Å². The SMILES string of the molecule is CCC[C@H]1N=C(N)[Se][C@@H]1C. The summed E-state index contributed by atoms with van der Waals surface area (Å²) in [6.45, 7) is 4.45. The van der Waals surface area contributed by atoms with Crippen molar-refractivity contribution in [2.75, 3.05) is 0 Å². The first-order valence-corrected chi connectivity index (χ1v) is 5.58. The maximum atomic E-state index is 5.62. The van der Waals surface area contributed by atoms with E-state index in [0.717, 1.165) is 9.55 Å². The summed E-state index contributed by atoms with van der Waals surface area (Å²) in [6, 6.07) is 0.546. The molecule has 0 aromatic heterocycles. The average molecular weight is 205 g/mol. The fourth-order valence-corrected chi connectivity index (χ4v) is 3.12. The summed E-state index contributed by atoms with van der Waals surface area (Å²) in [7, 11) is 0. The van der Waals surface area contributed by atoms with E-state index >= 15 is 0 Å². The Kier molecular flexibility index (Phi) is 2.75. The summed E-state index contributed by atoms with van der Waals surface area (Å²) >= 11 is 0.486. The first-order valence-electron chi connectivity index (χ1n) is 3.74. The predicted octanol–water partition coefficient (Wildman–Crippen LogP) is 0.996. The van der Waals surface area contributed by atoms with Crippen LogP contribution in [0.1, 0.15) is 26.7 Å². The molecule has 1 aliphatic heterocycles. The average Bonchev–Trinajstić information content (AvgIpc) is 2.13. The first-order chi connectivity index (χ1) is 4.74. The molecular formula is C7H14N2Se. The molecule has 0 radical (unpaired) electrons. The van der Waals surface area contributed by atoms with Crippen molar-refractivity contribution in [1.82, 2.24) is 0 Å². The van der Waals surface area contributed by atoms with Crippen LogP contribution in [0.2, 0.25) is 4.82 Å². The topological polar surface area (TPSA) is 38.4 Å². The van der Waals surface area contributed by atoms with E-state index in [-0.39, 0.29) is 0 Å².